The van der Waals surface area contributed by atoms with E-state index < -0.39 is 10.0 Å². The van der Waals surface area contributed by atoms with E-state index in [1.54, 1.807) is 24.3 Å². The summed E-state index contributed by atoms with van der Waals surface area (Å²) >= 11 is 9.43. The van der Waals surface area contributed by atoms with Gasteiger partial charge in [-0.2, -0.15) is 0 Å². The Morgan fingerprint density at radius 1 is 1.14 bits per heavy atom. The molecular formula is C14H14BrClN2O2S. The number of nitrogens with one attached hydrogen (secondary N) is 2. The fourth-order valence-corrected chi connectivity index (χ4v) is 3.06. The van der Waals surface area contributed by atoms with Gasteiger partial charge in [0.2, 0.25) is 10.0 Å². The first-order chi connectivity index (χ1) is 9.92. The normalized spacial score (nSPS) is 11.4. The lowest BCUT2D eigenvalue weighted by atomic mass is 10.2. The fraction of sp³-hybridized carbons (Fsp3) is 0.143. The summed E-state index contributed by atoms with van der Waals surface area (Å²) in [5.41, 5.74) is 1.85. The Labute approximate surface area is 137 Å². The molecule has 4 nitrogen and oxygen atoms in total. The lowest BCUT2D eigenvalue weighted by molar-refractivity contribution is 0.588. The van der Waals surface area contributed by atoms with E-state index in [-0.39, 0.29) is 4.90 Å². The minimum atomic E-state index is -3.40. The Bertz CT molecular complexity index is 733. The summed E-state index contributed by atoms with van der Waals surface area (Å²) in [6.07, 6.45) is 0. The Kier molecular flexibility index (Phi) is 5.27. The lowest BCUT2D eigenvalue weighted by Gasteiger charge is -2.09. The van der Waals surface area contributed by atoms with Crippen LogP contribution >= 0.6 is 27.5 Å². The molecular weight excluding hydrogens is 376 g/mol. The molecule has 2 N–H and O–H groups in total. The van der Waals surface area contributed by atoms with Crippen molar-refractivity contribution in [3.63, 3.8) is 0 Å². The molecule has 0 aliphatic heterocycles. The van der Waals surface area contributed by atoms with Crippen LogP contribution < -0.4 is 10.0 Å². The van der Waals surface area contributed by atoms with Crippen molar-refractivity contribution < 1.29 is 8.42 Å². The Hall–Kier alpha value is -1.08. The van der Waals surface area contributed by atoms with E-state index in [0.717, 1.165) is 15.7 Å². The zero-order chi connectivity index (χ0) is 15.5. The highest BCUT2D eigenvalue weighted by Crippen LogP contribution is 2.22. The third-order valence-electron chi connectivity index (χ3n) is 2.92. The Morgan fingerprint density at radius 3 is 2.43 bits per heavy atom. The van der Waals surface area contributed by atoms with Crippen LogP contribution in [-0.4, -0.2) is 15.5 Å². The highest BCUT2D eigenvalue weighted by molar-refractivity contribution is 9.10. The predicted molar refractivity (Wildman–Crippen MR) is 89.2 cm³/mol. The molecule has 0 spiro atoms. The third-order valence-corrected chi connectivity index (χ3v) is 5.36. The van der Waals surface area contributed by atoms with Crippen molar-refractivity contribution in [2.24, 2.45) is 0 Å². The second-order valence-corrected chi connectivity index (χ2v) is 7.50. The molecule has 0 amide bonds. The Balaban J connectivity index is 2.09. The summed E-state index contributed by atoms with van der Waals surface area (Å²) in [6.45, 7) is 0.583. The number of anilines is 1. The first-order valence-corrected chi connectivity index (χ1v) is 8.79. The van der Waals surface area contributed by atoms with Crippen LogP contribution in [0.5, 0.6) is 0 Å². The van der Waals surface area contributed by atoms with Gasteiger partial charge in [0.15, 0.2) is 0 Å². The van der Waals surface area contributed by atoms with Gasteiger partial charge in [-0.05, 0) is 55.1 Å². The van der Waals surface area contributed by atoms with Crippen LogP contribution in [0.4, 0.5) is 5.69 Å². The average molecular weight is 390 g/mol. The van der Waals surface area contributed by atoms with Crippen molar-refractivity contribution in [3.05, 3.63) is 57.5 Å². The van der Waals surface area contributed by atoms with Crippen LogP contribution in [0.3, 0.4) is 0 Å². The lowest BCUT2D eigenvalue weighted by Crippen LogP contribution is -2.18. The van der Waals surface area contributed by atoms with Crippen molar-refractivity contribution in [3.8, 4) is 0 Å². The van der Waals surface area contributed by atoms with Crippen molar-refractivity contribution >= 4 is 43.2 Å². The minimum Gasteiger partial charge on any atom is -0.381 e. The molecule has 0 unspecified atom stereocenters. The van der Waals surface area contributed by atoms with Gasteiger partial charge < -0.3 is 5.32 Å². The van der Waals surface area contributed by atoms with Gasteiger partial charge in [-0.15, -0.1) is 0 Å². The van der Waals surface area contributed by atoms with E-state index in [9.17, 15) is 8.42 Å². The fourth-order valence-electron chi connectivity index (χ4n) is 1.75. The quantitative estimate of drug-likeness (QED) is 0.821. The number of rotatable bonds is 5. The smallest absolute Gasteiger partial charge is 0.240 e. The van der Waals surface area contributed by atoms with Gasteiger partial charge in [0.1, 0.15) is 0 Å². The minimum absolute atomic E-state index is 0.236. The van der Waals surface area contributed by atoms with E-state index in [2.05, 4.69) is 26.0 Å². The van der Waals surface area contributed by atoms with Gasteiger partial charge in [0.25, 0.3) is 0 Å². The second kappa shape index (κ2) is 6.79. The van der Waals surface area contributed by atoms with Crippen molar-refractivity contribution in [2.45, 2.75) is 11.4 Å². The topological polar surface area (TPSA) is 58.2 Å². The van der Waals surface area contributed by atoms with E-state index in [1.807, 2.05) is 18.2 Å². The standard InChI is InChI=1S/C14H14BrClN2O2S/c1-17-21(19,20)13-5-3-12(4-6-13)18-9-10-8-11(16)2-7-14(10)15/h2-8,17-18H,9H2,1H3. The summed E-state index contributed by atoms with van der Waals surface area (Å²) in [5, 5.41) is 3.89. The molecule has 2 rings (SSSR count). The molecule has 0 fully saturated rings. The molecule has 21 heavy (non-hydrogen) atoms. The van der Waals surface area contributed by atoms with Gasteiger partial charge in [-0.3, -0.25) is 0 Å². The Morgan fingerprint density at radius 2 is 1.81 bits per heavy atom. The van der Waals surface area contributed by atoms with Crippen LogP contribution in [0.1, 0.15) is 5.56 Å². The number of sulfonamides is 1. The maximum absolute atomic E-state index is 11.6. The van der Waals surface area contributed by atoms with Crippen molar-refractivity contribution in [1.82, 2.24) is 4.72 Å². The third kappa shape index (κ3) is 4.20. The molecule has 0 saturated heterocycles. The van der Waals surface area contributed by atoms with Gasteiger partial charge in [-0.25, -0.2) is 13.1 Å². The monoisotopic (exact) mass is 388 g/mol. The molecule has 0 saturated carbocycles. The van der Waals surface area contributed by atoms with E-state index in [1.165, 1.54) is 7.05 Å². The largest absolute Gasteiger partial charge is 0.381 e. The zero-order valence-electron chi connectivity index (χ0n) is 11.2. The molecule has 0 aliphatic rings. The molecule has 0 radical (unpaired) electrons. The van der Waals surface area contributed by atoms with Crippen LogP contribution in [0.2, 0.25) is 5.02 Å². The van der Waals surface area contributed by atoms with Gasteiger partial charge >= 0.3 is 0 Å². The van der Waals surface area contributed by atoms with Crippen LogP contribution in [0, 0.1) is 0 Å². The van der Waals surface area contributed by atoms with E-state index in [4.69, 9.17) is 11.6 Å². The maximum Gasteiger partial charge on any atom is 0.240 e. The molecule has 7 heteroatoms. The second-order valence-electron chi connectivity index (χ2n) is 4.32. The number of hydrogen-bond donors (Lipinski definition) is 2. The molecule has 0 atom stereocenters. The predicted octanol–water partition coefficient (Wildman–Crippen LogP) is 3.62. The van der Waals surface area contributed by atoms with Crippen molar-refractivity contribution in [2.75, 3.05) is 12.4 Å². The summed E-state index contributed by atoms with van der Waals surface area (Å²) in [5.74, 6) is 0. The van der Waals surface area contributed by atoms with Gasteiger partial charge in [-0.1, -0.05) is 27.5 Å². The first kappa shape index (κ1) is 16.3. The maximum atomic E-state index is 11.6. The highest BCUT2D eigenvalue weighted by Gasteiger charge is 2.10. The van der Waals surface area contributed by atoms with Crippen LogP contribution in [0.25, 0.3) is 0 Å². The molecule has 0 heterocycles. The summed E-state index contributed by atoms with van der Waals surface area (Å²) in [4.78, 5) is 0.236. The highest BCUT2D eigenvalue weighted by atomic mass is 79.9. The molecule has 0 bridgehead atoms. The van der Waals surface area contributed by atoms with E-state index in [0.29, 0.717) is 11.6 Å². The number of halogens is 2. The zero-order valence-corrected chi connectivity index (χ0v) is 14.4. The van der Waals surface area contributed by atoms with Gasteiger partial charge in [0.05, 0.1) is 4.90 Å². The van der Waals surface area contributed by atoms with E-state index >= 15 is 0 Å². The summed E-state index contributed by atoms with van der Waals surface area (Å²) in [6, 6.07) is 12.1. The molecule has 0 aliphatic carbocycles. The molecule has 2 aromatic rings. The summed E-state index contributed by atoms with van der Waals surface area (Å²) < 4.78 is 26.5. The van der Waals surface area contributed by atoms with Gasteiger partial charge in [0, 0.05) is 21.7 Å². The van der Waals surface area contributed by atoms with Crippen molar-refractivity contribution in [1.29, 1.82) is 0 Å². The van der Waals surface area contributed by atoms with Crippen LogP contribution in [-0.2, 0) is 16.6 Å². The van der Waals surface area contributed by atoms with Crippen LogP contribution in [0.15, 0.2) is 51.8 Å². The molecule has 112 valence electrons. The molecule has 0 aromatic heterocycles. The number of benzene rings is 2. The SMILES string of the molecule is CNS(=O)(=O)c1ccc(NCc2cc(Cl)ccc2Br)cc1. The average Bonchev–Trinajstić information content (AvgIpc) is 2.48. The molecule has 2 aromatic carbocycles. The first-order valence-electron chi connectivity index (χ1n) is 6.14. The summed E-state index contributed by atoms with van der Waals surface area (Å²) in [7, 11) is -2.01. The number of hydrogen-bond acceptors (Lipinski definition) is 3.